The van der Waals surface area contributed by atoms with E-state index in [1.54, 1.807) is 45.9 Å². The largest absolute Gasteiger partial charge is 0.509 e. The standard InChI is InChI=1S/C32H40O12/c1-7-40-28(38)44-31-15-41-21(31)13-20(35)30(6)24(31)26(43-27(37)18-11-9-8-10-12-18)32(39)14-19(34)16(2)22(29(32,4)5)23(25(30)36)42-17(3)33/h8-12,16,19-21,24,26,34-35,39H,7,13-15H2,1-6H3. The number of carbonyl (C=O) groups is 4. The van der Waals surface area contributed by atoms with E-state index in [0.717, 1.165) is 6.92 Å². The van der Waals surface area contributed by atoms with Crippen molar-refractivity contribution < 1.29 is 58.2 Å². The molecule has 1 aromatic rings. The number of esters is 2. The highest BCUT2D eigenvalue weighted by Crippen LogP contribution is 2.64. The molecule has 0 aromatic heterocycles. The Kier molecular flexibility index (Phi) is 7.97. The van der Waals surface area contributed by atoms with E-state index in [2.05, 4.69) is 0 Å². The first-order valence-electron chi connectivity index (χ1n) is 14.9. The fraction of sp³-hybridized carbons (Fsp3) is 0.625. The van der Waals surface area contributed by atoms with Gasteiger partial charge < -0.3 is 39.0 Å². The first kappa shape index (κ1) is 32.1. The predicted octanol–water partition coefficient (Wildman–Crippen LogP) is 2.47. The van der Waals surface area contributed by atoms with Gasteiger partial charge in [-0.3, -0.25) is 9.59 Å². The maximum Gasteiger partial charge on any atom is 0.509 e. The average Bonchev–Trinajstić information content (AvgIpc) is 2.95. The Hall–Kier alpha value is -3.32. The summed E-state index contributed by atoms with van der Waals surface area (Å²) in [5.41, 5.74) is -7.03. The summed E-state index contributed by atoms with van der Waals surface area (Å²) in [6.45, 7) is 8.68. The van der Waals surface area contributed by atoms with Crippen LogP contribution in [0.5, 0.6) is 0 Å². The molecule has 12 heteroatoms. The van der Waals surface area contributed by atoms with Crippen molar-refractivity contribution in [2.24, 2.45) is 22.7 Å². The summed E-state index contributed by atoms with van der Waals surface area (Å²) in [7, 11) is 0. The summed E-state index contributed by atoms with van der Waals surface area (Å²) in [6.07, 6.45) is -6.97. The Morgan fingerprint density at radius 3 is 2.32 bits per heavy atom. The van der Waals surface area contributed by atoms with Crippen molar-refractivity contribution in [2.75, 3.05) is 13.2 Å². The van der Waals surface area contributed by atoms with Gasteiger partial charge in [0.15, 0.2) is 11.4 Å². The molecule has 2 bridgehead atoms. The normalized spacial score (nSPS) is 39.0. The first-order chi connectivity index (χ1) is 20.6. The van der Waals surface area contributed by atoms with Crippen LogP contribution >= 0.6 is 0 Å². The lowest BCUT2D eigenvalue weighted by Crippen LogP contribution is -2.81. The molecule has 1 aromatic carbocycles. The van der Waals surface area contributed by atoms with Crippen LogP contribution in [0.25, 0.3) is 0 Å². The molecule has 3 N–H and O–H groups in total. The van der Waals surface area contributed by atoms with Crippen molar-refractivity contribution in [3.8, 4) is 0 Å². The zero-order valence-corrected chi connectivity index (χ0v) is 25.7. The van der Waals surface area contributed by atoms with Gasteiger partial charge in [-0.1, -0.05) is 39.0 Å². The molecule has 9 unspecified atom stereocenters. The number of Topliss-reactive ketones (excluding diaryl/α,β-unsaturated/α-hetero) is 1. The maximum atomic E-state index is 14.9. The van der Waals surface area contributed by atoms with Crippen LogP contribution < -0.4 is 0 Å². The molecule has 1 aliphatic heterocycles. The van der Waals surface area contributed by atoms with Crippen LogP contribution in [0.2, 0.25) is 0 Å². The molecule has 3 fully saturated rings. The third-order valence-corrected chi connectivity index (χ3v) is 10.4. The SMILES string of the molecule is CCOC(=O)OC12COC1CC(O)C1(C)C(=O)C(OC(C)=O)=C3C(C)C(O)CC(O)(C(OC(=O)c4ccccc4)C21)C3(C)C. The Morgan fingerprint density at radius 1 is 1.09 bits per heavy atom. The summed E-state index contributed by atoms with van der Waals surface area (Å²) in [4.78, 5) is 54.0. The highest BCUT2D eigenvalue weighted by molar-refractivity contribution is 6.02. The number of hydrogen-bond donors (Lipinski definition) is 3. The molecule has 0 spiro atoms. The van der Waals surface area contributed by atoms with E-state index in [1.165, 1.54) is 19.1 Å². The van der Waals surface area contributed by atoms with Gasteiger partial charge in [-0.05, 0) is 31.6 Å². The third-order valence-electron chi connectivity index (χ3n) is 10.4. The molecule has 1 saturated heterocycles. The number of carbonyl (C=O) groups excluding carboxylic acids is 4. The molecule has 0 amide bonds. The lowest BCUT2D eigenvalue weighted by molar-refractivity contribution is -0.343. The fourth-order valence-electron chi connectivity index (χ4n) is 7.93. The predicted molar refractivity (Wildman–Crippen MR) is 151 cm³/mol. The van der Waals surface area contributed by atoms with Crippen LogP contribution in [0, 0.1) is 22.7 Å². The first-order valence-corrected chi connectivity index (χ1v) is 14.9. The minimum absolute atomic E-state index is 0.0277. The highest BCUT2D eigenvalue weighted by Gasteiger charge is 2.78. The number of aliphatic hydroxyl groups excluding tert-OH is 2. The molecule has 9 atom stereocenters. The summed E-state index contributed by atoms with van der Waals surface area (Å²) in [5.74, 6) is -5.16. The van der Waals surface area contributed by atoms with Gasteiger partial charge in [0.25, 0.3) is 0 Å². The minimum Gasteiger partial charge on any atom is -0.455 e. The fourth-order valence-corrected chi connectivity index (χ4v) is 7.93. The topological polar surface area (TPSA) is 175 Å². The van der Waals surface area contributed by atoms with E-state index in [4.69, 9.17) is 23.7 Å². The van der Waals surface area contributed by atoms with E-state index < -0.39 is 87.9 Å². The van der Waals surface area contributed by atoms with Gasteiger partial charge in [-0.25, -0.2) is 9.59 Å². The Bertz CT molecular complexity index is 1390. The van der Waals surface area contributed by atoms with Crippen LogP contribution in [-0.4, -0.2) is 88.0 Å². The van der Waals surface area contributed by atoms with Gasteiger partial charge in [-0.2, -0.15) is 0 Å². The van der Waals surface area contributed by atoms with Crippen molar-refractivity contribution in [2.45, 2.75) is 90.0 Å². The zero-order chi connectivity index (χ0) is 32.4. The van der Waals surface area contributed by atoms with Gasteiger partial charge in [-0.15, -0.1) is 0 Å². The number of aliphatic hydroxyl groups is 3. The van der Waals surface area contributed by atoms with Crippen molar-refractivity contribution in [1.29, 1.82) is 0 Å². The second kappa shape index (κ2) is 10.9. The molecule has 2 saturated carbocycles. The van der Waals surface area contributed by atoms with Gasteiger partial charge in [0.2, 0.25) is 5.78 Å². The molecule has 0 radical (unpaired) electrons. The molecule has 3 aliphatic carbocycles. The number of fused-ring (bicyclic) bond motifs is 5. The highest BCUT2D eigenvalue weighted by atomic mass is 16.8. The van der Waals surface area contributed by atoms with E-state index in [1.807, 2.05) is 0 Å². The van der Waals surface area contributed by atoms with Crippen LogP contribution in [-0.2, 0) is 33.3 Å². The van der Waals surface area contributed by atoms with Gasteiger partial charge in [0, 0.05) is 31.1 Å². The monoisotopic (exact) mass is 616 g/mol. The van der Waals surface area contributed by atoms with Crippen molar-refractivity contribution in [3.63, 3.8) is 0 Å². The Morgan fingerprint density at radius 2 is 1.75 bits per heavy atom. The van der Waals surface area contributed by atoms with Crippen molar-refractivity contribution >= 4 is 23.9 Å². The summed E-state index contributed by atoms with van der Waals surface area (Å²) in [6, 6.07) is 8.00. The second-order valence-electron chi connectivity index (χ2n) is 13.0. The lowest BCUT2D eigenvalue weighted by atomic mass is 9.45. The van der Waals surface area contributed by atoms with Crippen LogP contribution in [0.3, 0.4) is 0 Å². The molecule has 12 nitrogen and oxygen atoms in total. The van der Waals surface area contributed by atoms with Crippen LogP contribution in [0.4, 0.5) is 4.79 Å². The van der Waals surface area contributed by atoms with E-state index >= 15 is 0 Å². The number of hydrogen-bond acceptors (Lipinski definition) is 12. The van der Waals surface area contributed by atoms with E-state index in [9.17, 15) is 34.5 Å². The minimum atomic E-state index is -2.15. The Balaban J connectivity index is 1.84. The average molecular weight is 617 g/mol. The number of benzene rings is 1. The quantitative estimate of drug-likeness (QED) is 0.326. The van der Waals surface area contributed by atoms with E-state index in [0.29, 0.717) is 0 Å². The number of allylic oxidation sites excluding steroid dienone is 1. The third kappa shape index (κ3) is 4.48. The summed E-state index contributed by atoms with van der Waals surface area (Å²) >= 11 is 0. The summed E-state index contributed by atoms with van der Waals surface area (Å²) in [5, 5.41) is 36.0. The molecule has 240 valence electrons. The lowest BCUT2D eigenvalue weighted by Gasteiger charge is -2.66. The Labute approximate surface area is 255 Å². The maximum absolute atomic E-state index is 14.9. The zero-order valence-electron chi connectivity index (χ0n) is 25.7. The number of ether oxygens (including phenoxy) is 5. The van der Waals surface area contributed by atoms with Crippen LogP contribution in [0.15, 0.2) is 41.7 Å². The molecule has 1 heterocycles. The van der Waals surface area contributed by atoms with Crippen molar-refractivity contribution in [1.82, 2.24) is 0 Å². The smallest absolute Gasteiger partial charge is 0.455 e. The molecular formula is C32H40O12. The molecule has 44 heavy (non-hydrogen) atoms. The number of ketones is 1. The van der Waals surface area contributed by atoms with Gasteiger partial charge in [0.05, 0.1) is 42.3 Å². The van der Waals surface area contributed by atoms with Crippen molar-refractivity contribution in [3.05, 3.63) is 47.2 Å². The van der Waals surface area contributed by atoms with Gasteiger partial charge >= 0.3 is 18.1 Å². The molecular weight excluding hydrogens is 576 g/mol. The second-order valence-corrected chi connectivity index (χ2v) is 13.0. The van der Waals surface area contributed by atoms with Crippen LogP contribution in [0.1, 0.15) is 64.7 Å². The van der Waals surface area contributed by atoms with E-state index in [-0.39, 0.29) is 37.2 Å². The number of rotatable bonds is 5. The molecule has 4 aliphatic rings. The summed E-state index contributed by atoms with van der Waals surface area (Å²) < 4.78 is 28.6. The van der Waals surface area contributed by atoms with Gasteiger partial charge in [0.1, 0.15) is 17.8 Å². The molecule has 5 rings (SSSR count).